The second-order valence-corrected chi connectivity index (χ2v) is 7.31. The number of amides is 2. The van der Waals surface area contributed by atoms with Gasteiger partial charge in [0.2, 0.25) is 11.8 Å². The number of hydrogen-bond donors (Lipinski definition) is 2. The maximum atomic E-state index is 12.4. The Morgan fingerprint density at radius 2 is 2.12 bits per heavy atom. The van der Waals surface area contributed by atoms with Crippen LogP contribution in [0.25, 0.3) is 0 Å². The lowest BCUT2D eigenvalue weighted by Gasteiger charge is -2.30. The predicted molar refractivity (Wildman–Crippen MR) is 99.1 cm³/mol. The number of carbonyl (C=O) groups is 2. The summed E-state index contributed by atoms with van der Waals surface area (Å²) < 4.78 is 0. The molecule has 1 fully saturated rings. The van der Waals surface area contributed by atoms with Crippen LogP contribution in [-0.4, -0.2) is 34.8 Å². The molecule has 0 unspecified atom stereocenters. The molecule has 3 N–H and O–H groups in total. The van der Waals surface area contributed by atoms with Gasteiger partial charge in [0.1, 0.15) is 0 Å². The Labute approximate surface area is 155 Å². The number of carbonyl (C=O) groups excluding carboxylic acids is 2. The number of benzene rings is 1. The Morgan fingerprint density at radius 3 is 2.80 bits per heavy atom. The maximum Gasteiger partial charge on any atom is 0.228 e. The third kappa shape index (κ3) is 4.70. The summed E-state index contributed by atoms with van der Waals surface area (Å²) >= 11 is 7.41. The average Bonchev–Trinajstić information content (AvgIpc) is 3.01. The molecule has 2 aromatic rings. The highest BCUT2D eigenvalue weighted by atomic mass is 35.5. The number of likely N-dealkylation sites (tertiary alicyclic amines) is 1. The van der Waals surface area contributed by atoms with E-state index in [-0.39, 0.29) is 24.2 Å². The molecule has 0 atom stereocenters. The van der Waals surface area contributed by atoms with Crippen LogP contribution in [0.1, 0.15) is 18.5 Å². The number of halogens is 1. The molecule has 0 saturated carbocycles. The van der Waals surface area contributed by atoms with Crippen LogP contribution >= 0.6 is 22.9 Å². The van der Waals surface area contributed by atoms with E-state index in [9.17, 15) is 9.59 Å². The van der Waals surface area contributed by atoms with Crippen molar-refractivity contribution in [3.8, 4) is 0 Å². The molecule has 2 heterocycles. The van der Waals surface area contributed by atoms with E-state index in [4.69, 9.17) is 17.3 Å². The number of nitrogens with two attached hydrogens (primary N) is 1. The smallest absolute Gasteiger partial charge is 0.228 e. The molecular weight excluding hydrogens is 360 g/mol. The van der Waals surface area contributed by atoms with Gasteiger partial charge in [0.25, 0.3) is 0 Å². The molecule has 1 aromatic carbocycles. The number of thiazole rings is 1. The minimum atomic E-state index is -0.275. The summed E-state index contributed by atoms with van der Waals surface area (Å²) in [7, 11) is 0. The molecule has 0 bridgehead atoms. The summed E-state index contributed by atoms with van der Waals surface area (Å²) in [5, 5.41) is 6.43. The van der Waals surface area contributed by atoms with Gasteiger partial charge >= 0.3 is 0 Å². The minimum absolute atomic E-state index is 0.0301. The minimum Gasteiger partial charge on any atom is -0.369 e. The van der Waals surface area contributed by atoms with Crippen LogP contribution in [0.3, 0.4) is 0 Å². The van der Waals surface area contributed by atoms with Crippen LogP contribution < -0.4 is 11.1 Å². The van der Waals surface area contributed by atoms with Crippen molar-refractivity contribution in [2.45, 2.75) is 19.3 Å². The van der Waals surface area contributed by atoms with Gasteiger partial charge in [-0.2, -0.15) is 0 Å². The SMILES string of the molecule is NC(=O)C1CCN(C(=O)Cc2csc(Nc3cccc(Cl)c3)n2)CC1. The monoisotopic (exact) mass is 378 g/mol. The number of piperidine rings is 1. The fraction of sp³-hybridized carbons (Fsp3) is 0.353. The molecule has 8 heteroatoms. The van der Waals surface area contributed by atoms with E-state index >= 15 is 0 Å². The molecule has 1 aromatic heterocycles. The molecule has 0 spiro atoms. The van der Waals surface area contributed by atoms with E-state index in [2.05, 4.69) is 10.3 Å². The van der Waals surface area contributed by atoms with Gasteiger partial charge in [0.15, 0.2) is 5.13 Å². The zero-order valence-corrected chi connectivity index (χ0v) is 15.1. The fourth-order valence-electron chi connectivity index (χ4n) is 2.82. The number of anilines is 2. The number of nitrogens with one attached hydrogen (secondary N) is 1. The summed E-state index contributed by atoms with van der Waals surface area (Å²) in [6.07, 6.45) is 1.54. The first-order valence-electron chi connectivity index (χ1n) is 8.05. The van der Waals surface area contributed by atoms with Crippen molar-refractivity contribution >= 4 is 45.6 Å². The highest BCUT2D eigenvalue weighted by molar-refractivity contribution is 7.13. The second-order valence-electron chi connectivity index (χ2n) is 6.01. The Kier molecular flexibility index (Phi) is 5.55. The lowest BCUT2D eigenvalue weighted by molar-refractivity contribution is -0.134. The first-order valence-corrected chi connectivity index (χ1v) is 9.31. The third-order valence-electron chi connectivity index (χ3n) is 4.21. The Morgan fingerprint density at radius 1 is 1.36 bits per heavy atom. The van der Waals surface area contributed by atoms with E-state index in [1.54, 1.807) is 11.0 Å². The van der Waals surface area contributed by atoms with Crippen LogP contribution in [0.5, 0.6) is 0 Å². The van der Waals surface area contributed by atoms with Gasteiger partial charge in [-0.25, -0.2) is 4.98 Å². The van der Waals surface area contributed by atoms with Gasteiger partial charge in [-0.1, -0.05) is 17.7 Å². The van der Waals surface area contributed by atoms with E-state index in [1.807, 2.05) is 23.6 Å². The number of hydrogen-bond acceptors (Lipinski definition) is 5. The van der Waals surface area contributed by atoms with E-state index in [1.165, 1.54) is 11.3 Å². The van der Waals surface area contributed by atoms with E-state index < -0.39 is 0 Å². The van der Waals surface area contributed by atoms with Crippen LogP contribution in [-0.2, 0) is 16.0 Å². The highest BCUT2D eigenvalue weighted by Crippen LogP contribution is 2.24. The van der Waals surface area contributed by atoms with Gasteiger partial charge in [0.05, 0.1) is 12.1 Å². The molecule has 1 aliphatic heterocycles. The molecule has 2 amide bonds. The van der Waals surface area contributed by atoms with Crippen molar-refractivity contribution in [2.24, 2.45) is 11.7 Å². The molecular formula is C17H19ClN4O2S. The van der Waals surface area contributed by atoms with E-state index in [0.717, 1.165) is 16.5 Å². The predicted octanol–water partition coefficient (Wildman–Crippen LogP) is 2.81. The normalized spacial score (nSPS) is 15.2. The lowest BCUT2D eigenvalue weighted by Crippen LogP contribution is -2.42. The number of rotatable bonds is 5. The molecule has 1 saturated heterocycles. The standard InChI is InChI=1S/C17H19ClN4O2S/c18-12-2-1-3-13(8-12)20-17-21-14(10-25-17)9-15(23)22-6-4-11(5-7-22)16(19)24/h1-3,8,10-11H,4-7,9H2,(H2,19,24)(H,20,21). The Balaban J connectivity index is 1.54. The molecule has 25 heavy (non-hydrogen) atoms. The van der Waals surface area contributed by atoms with Crippen molar-refractivity contribution in [3.63, 3.8) is 0 Å². The Hall–Kier alpha value is -2.12. The molecule has 0 aliphatic carbocycles. The van der Waals surface area contributed by atoms with Gasteiger partial charge < -0.3 is 16.0 Å². The van der Waals surface area contributed by atoms with Crippen molar-refractivity contribution in [3.05, 3.63) is 40.4 Å². The zero-order valence-electron chi connectivity index (χ0n) is 13.6. The molecule has 3 rings (SSSR count). The van der Waals surface area contributed by atoms with E-state index in [0.29, 0.717) is 31.0 Å². The lowest BCUT2D eigenvalue weighted by atomic mass is 9.96. The summed E-state index contributed by atoms with van der Waals surface area (Å²) in [5.74, 6) is -0.359. The van der Waals surface area contributed by atoms with Crippen LogP contribution in [0.4, 0.5) is 10.8 Å². The van der Waals surface area contributed by atoms with Crippen molar-refractivity contribution in [1.29, 1.82) is 0 Å². The highest BCUT2D eigenvalue weighted by Gasteiger charge is 2.26. The third-order valence-corrected chi connectivity index (χ3v) is 5.25. The zero-order chi connectivity index (χ0) is 17.8. The van der Waals surface area contributed by atoms with Crippen LogP contribution in [0.15, 0.2) is 29.6 Å². The first-order chi connectivity index (χ1) is 12.0. The Bertz CT molecular complexity index is 772. The number of primary amides is 1. The van der Waals surface area contributed by atoms with Gasteiger partial charge in [-0.3, -0.25) is 9.59 Å². The van der Waals surface area contributed by atoms with Crippen LogP contribution in [0.2, 0.25) is 5.02 Å². The largest absolute Gasteiger partial charge is 0.369 e. The topological polar surface area (TPSA) is 88.3 Å². The number of aromatic nitrogens is 1. The summed E-state index contributed by atoms with van der Waals surface area (Å²) in [6, 6.07) is 7.39. The van der Waals surface area contributed by atoms with Crippen molar-refractivity contribution < 1.29 is 9.59 Å². The average molecular weight is 379 g/mol. The fourth-order valence-corrected chi connectivity index (χ4v) is 3.74. The molecule has 132 valence electrons. The molecule has 0 radical (unpaired) electrons. The quantitative estimate of drug-likeness (QED) is 0.837. The molecule has 1 aliphatic rings. The van der Waals surface area contributed by atoms with Crippen molar-refractivity contribution in [1.82, 2.24) is 9.88 Å². The van der Waals surface area contributed by atoms with Crippen LogP contribution in [0, 0.1) is 5.92 Å². The van der Waals surface area contributed by atoms with Gasteiger partial charge in [-0.05, 0) is 31.0 Å². The first kappa shape index (κ1) is 17.7. The molecule has 6 nitrogen and oxygen atoms in total. The van der Waals surface area contributed by atoms with Gasteiger partial charge in [0, 0.05) is 35.1 Å². The number of nitrogens with zero attached hydrogens (tertiary/aromatic N) is 2. The summed E-state index contributed by atoms with van der Waals surface area (Å²) in [4.78, 5) is 29.8. The summed E-state index contributed by atoms with van der Waals surface area (Å²) in [5.41, 5.74) is 6.91. The maximum absolute atomic E-state index is 12.4. The second kappa shape index (κ2) is 7.84. The van der Waals surface area contributed by atoms with Crippen molar-refractivity contribution in [2.75, 3.05) is 18.4 Å². The van der Waals surface area contributed by atoms with Gasteiger partial charge in [-0.15, -0.1) is 11.3 Å². The summed E-state index contributed by atoms with van der Waals surface area (Å²) in [6.45, 7) is 1.15.